The Kier molecular flexibility index (Phi) is 2.97. The minimum atomic E-state index is -0.0783. The molecule has 1 aromatic carbocycles. The molecule has 86 valence electrons. The predicted molar refractivity (Wildman–Crippen MR) is 63.9 cm³/mol. The first-order valence-electron chi connectivity index (χ1n) is 5.76. The van der Waals surface area contributed by atoms with Crippen LogP contribution in [0.15, 0.2) is 24.3 Å². The molecular weight excluding hydrogens is 200 g/mol. The molecule has 1 amide bonds. The summed E-state index contributed by atoms with van der Waals surface area (Å²) >= 11 is 0. The van der Waals surface area contributed by atoms with Gasteiger partial charge in [0, 0.05) is 6.54 Å². The van der Waals surface area contributed by atoms with Crippen LogP contribution in [0.25, 0.3) is 0 Å². The molecule has 1 N–H and O–H groups in total. The third kappa shape index (κ3) is 1.83. The standard InChI is InChI=1S/C13H18N2O/c1-4-15-12(14-10(3)13(15)16)11-7-5-6-9(2)8-11/h5-8,10,12,14H,4H2,1-3H3. The highest BCUT2D eigenvalue weighted by molar-refractivity contribution is 5.84. The molecule has 2 atom stereocenters. The average Bonchev–Trinajstić information content (AvgIpc) is 2.55. The Hall–Kier alpha value is -1.35. The van der Waals surface area contributed by atoms with Crippen LogP contribution in [0.2, 0.25) is 0 Å². The fourth-order valence-corrected chi connectivity index (χ4v) is 2.23. The molecule has 0 radical (unpaired) electrons. The van der Waals surface area contributed by atoms with E-state index in [9.17, 15) is 4.79 Å². The number of hydrogen-bond acceptors (Lipinski definition) is 2. The van der Waals surface area contributed by atoms with Crippen LogP contribution in [0.5, 0.6) is 0 Å². The summed E-state index contributed by atoms with van der Waals surface area (Å²) in [4.78, 5) is 13.8. The van der Waals surface area contributed by atoms with Gasteiger partial charge < -0.3 is 4.90 Å². The minimum Gasteiger partial charge on any atom is -0.322 e. The lowest BCUT2D eigenvalue weighted by atomic mass is 10.1. The van der Waals surface area contributed by atoms with E-state index in [4.69, 9.17) is 0 Å². The van der Waals surface area contributed by atoms with Crippen molar-refractivity contribution < 1.29 is 4.79 Å². The normalized spacial score (nSPS) is 25.2. The van der Waals surface area contributed by atoms with E-state index >= 15 is 0 Å². The van der Waals surface area contributed by atoms with Crippen molar-refractivity contribution in [2.24, 2.45) is 0 Å². The maximum absolute atomic E-state index is 11.9. The summed E-state index contributed by atoms with van der Waals surface area (Å²) in [5.41, 5.74) is 2.39. The summed E-state index contributed by atoms with van der Waals surface area (Å²) in [6, 6.07) is 8.23. The molecule has 0 saturated carbocycles. The van der Waals surface area contributed by atoms with E-state index < -0.39 is 0 Å². The number of likely N-dealkylation sites (N-methyl/N-ethyl adjacent to an activating group) is 1. The zero-order valence-electron chi connectivity index (χ0n) is 10.0. The van der Waals surface area contributed by atoms with E-state index in [1.807, 2.05) is 24.8 Å². The number of amides is 1. The van der Waals surface area contributed by atoms with Crippen molar-refractivity contribution in [3.05, 3.63) is 35.4 Å². The number of aryl methyl sites for hydroxylation is 1. The smallest absolute Gasteiger partial charge is 0.241 e. The predicted octanol–water partition coefficient (Wildman–Crippen LogP) is 1.83. The molecule has 2 unspecified atom stereocenters. The molecule has 1 aliphatic heterocycles. The number of carbonyl (C=O) groups is 1. The first kappa shape index (κ1) is 11.1. The van der Waals surface area contributed by atoms with Gasteiger partial charge in [-0.25, -0.2) is 0 Å². The molecule has 1 heterocycles. The topological polar surface area (TPSA) is 32.3 Å². The first-order valence-corrected chi connectivity index (χ1v) is 5.76. The number of hydrogen-bond donors (Lipinski definition) is 1. The van der Waals surface area contributed by atoms with Crippen molar-refractivity contribution in [2.45, 2.75) is 33.0 Å². The van der Waals surface area contributed by atoms with Crippen LogP contribution in [0, 0.1) is 6.92 Å². The molecule has 0 spiro atoms. The van der Waals surface area contributed by atoms with Gasteiger partial charge in [0.1, 0.15) is 6.17 Å². The van der Waals surface area contributed by atoms with Crippen LogP contribution in [0.3, 0.4) is 0 Å². The Balaban J connectivity index is 2.30. The van der Waals surface area contributed by atoms with Crippen molar-refractivity contribution in [1.82, 2.24) is 10.2 Å². The summed E-state index contributed by atoms with van der Waals surface area (Å²) in [7, 11) is 0. The molecule has 1 aliphatic rings. The summed E-state index contributed by atoms with van der Waals surface area (Å²) < 4.78 is 0. The fourth-order valence-electron chi connectivity index (χ4n) is 2.23. The van der Waals surface area contributed by atoms with E-state index in [-0.39, 0.29) is 18.1 Å². The van der Waals surface area contributed by atoms with E-state index in [1.165, 1.54) is 11.1 Å². The van der Waals surface area contributed by atoms with Gasteiger partial charge in [0.05, 0.1) is 6.04 Å². The Labute approximate surface area is 96.5 Å². The van der Waals surface area contributed by atoms with Crippen LogP contribution in [0.4, 0.5) is 0 Å². The second kappa shape index (κ2) is 4.26. The Morgan fingerprint density at radius 3 is 2.81 bits per heavy atom. The largest absolute Gasteiger partial charge is 0.322 e. The van der Waals surface area contributed by atoms with Crippen molar-refractivity contribution in [3.8, 4) is 0 Å². The van der Waals surface area contributed by atoms with Crippen molar-refractivity contribution in [2.75, 3.05) is 6.54 Å². The third-order valence-corrected chi connectivity index (χ3v) is 3.07. The number of carbonyl (C=O) groups excluding carboxylic acids is 1. The Morgan fingerprint density at radius 1 is 1.44 bits per heavy atom. The lowest BCUT2D eigenvalue weighted by Crippen LogP contribution is -2.30. The van der Waals surface area contributed by atoms with Gasteiger partial charge in [-0.15, -0.1) is 0 Å². The maximum Gasteiger partial charge on any atom is 0.241 e. The molecule has 0 aromatic heterocycles. The zero-order valence-corrected chi connectivity index (χ0v) is 10.0. The van der Waals surface area contributed by atoms with Crippen molar-refractivity contribution in [3.63, 3.8) is 0 Å². The zero-order chi connectivity index (χ0) is 11.7. The minimum absolute atomic E-state index is 0.0346. The molecule has 0 aliphatic carbocycles. The quantitative estimate of drug-likeness (QED) is 0.821. The maximum atomic E-state index is 11.9. The molecular formula is C13H18N2O. The third-order valence-electron chi connectivity index (χ3n) is 3.07. The average molecular weight is 218 g/mol. The molecule has 16 heavy (non-hydrogen) atoms. The van der Waals surface area contributed by atoms with Gasteiger partial charge in [-0.05, 0) is 26.3 Å². The first-order chi connectivity index (χ1) is 7.63. The van der Waals surface area contributed by atoms with Gasteiger partial charge >= 0.3 is 0 Å². The molecule has 3 nitrogen and oxygen atoms in total. The van der Waals surface area contributed by atoms with Gasteiger partial charge in [0.25, 0.3) is 0 Å². The molecule has 2 rings (SSSR count). The fraction of sp³-hybridized carbons (Fsp3) is 0.462. The second-order valence-corrected chi connectivity index (χ2v) is 4.33. The van der Waals surface area contributed by atoms with Crippen molar-refractivity contribution >= 4 is 5.91 Å². The van der Waals surface area contributed by atoms with Gasteiger partial charge in [-0.3, -0.25) is 10.1 Å². The molecule has 1 saturated heterocycles. The van der Waals surface area contributed by atoms with Crippen LogP contribution >= 0.6 is 0 Å². The number of rotatable bonds is 2. The van der Waals surface area contributed by atoms with E-state index in [0.29, 0.717) is 0 Å². The SMILES string of the molecule is CCN1C(=O)C(C)NC1c1cccc(C)c1. The lowest BCUT2D eigenvalue weighted by Gasteiger charge is -2.23. The Morgan fingerprint density at radius 2 is 2.19 bits per heavy atom. The van der Waals surface area contributed by atoms with Gasteiger partial charge in [-0.2, -0.15) is 0 Å². The van der Waals surface area contributed by atoms with E-state index in [0.717, 1.165) is 6.54 Å². The summed E-state index contributed by atoms with van der Waals surface area (Å²) in [6.45, 7) is 6.75. The molecule has 1 aromatic rings. The molecule has 0 bridgehead atoms. The van der Waals surface area contributed by atoms with Gasteiger partial charge in [0.15, 0.2) is 0 Å². The van der Waals surface area contributed by atoms with Crippen LogP contribution in [-0.2, 0) is 4.79 Å². The van der Waals surface area contributed by atoms with E-state index in [1.54, 1.807) is 0 Å². The molecule has 3 heteroatoms. The van der Waals surface area contributed by atoms with Crippen LogP contribution < -0.4 is 5.32 Å². The van der Waals surface area contributed by atoms with Crippen molar-refractivity contribution in [1.29, 1.82) is 0 Å². The Bertz CT molecular complexity index is 403. The highest BCUT2D eigenvalue weighted by Gasteiger charge is 2.35. The number of nitrogens with one attached hydrogen (secondary N) is 1. The van der Waals surface area contributed by atoms with Crippen LogP contribution in [0.1, 0.15) is 31.1 Å². The second-order valence-electron chi connectivity index (χ2n) is 4.33. The monoisotopic (exact) mass is 218 g/mol. The van der Waals surface area contributed by atoms with E-state index in [2.05, 4.69) is 30.4 Å². The number of benzene rings is 1. The van der Waals surface area contributed by atoms with Crippen LogP contribution in [-0.4, -0.2) is 23.4 Å². The highest BCUT2D eigenvalue weighted by atomic mass is 16.2. The summed E-state index contributed by atoms with van der Waals surface area (Å²) in [5, 5.41) is 3.32. The molecule has 1 fully saturated rings. The van der Waals surface area contributed by atoms with Gasteiger partial charge in [-0.1, -0.05) is 29.8 Å². The lowest BCUT2D eigenvalue weighted by molar-refractivity contribution is -0.129. The number of nitrogens with zero attached hydrogens (tertiary/aromatic N) is 1. The highest BCUT2D eigenvalue weighted by Crippen LogP contribution is 2.25. The summed E-state index contributed by atoms with van der Waals surface area (Å²) in [6.07, 6.45) is 0.0346. The van der Waals surface area contributed by atoms with Gasteiger partial charge in [0.2, 0.25) is 5.91 Å². The summed E-state index contributed by atoms with van der Waals surface area (Å²) in [5.74, 6) is 0.189.